The minimum absolute atomic E-state index is 0.180. The smallest absolute Gasteiger partial charge is 0.250 e. The number of methoxy groups -OCH3 is 1. The lowest BCUT2D eigenvalue weighted by Crippen LogP contribution is -2.43. The van der Waals surface area contributed by atoms with Crippen LogP contribution in [0.1, 0.15) is 83.1 Å². The molecular weight excluding hydrogens is 505 g/mol. The second-order valence-electron chi connectivity index (χ2n) is 12.1. The van der Waals surface area contributed by atoms with Crippen molar-refractivity contribution >= 4 is 22.4 Å². The number of hydrogen-bond donors (Lipinski definition) is 0. The number of ketones is 1. The first kappa shape index (κ1) is 32.3. The molecule has 0 amide bonds. The molecule has 2 rings (SSSR count). The Labute approximate surface area is 234 Å². The summed E-state index contributed by atoms with van der Waals surface area (Å²) in [6, 6.07) is 19.5. The summed E-state index contributed by atoms with van der Waals surface area (Å²) >= 11 is 0. The third-order valence-electron chi connectivity index (χ3n) is 8.55. The average Bonchev–Trinajstić information content (AvgIpc) is 2.90. The highest BCUT2D eigenvalue weighted by molar-refractivity contribution is 6.74. The number of carbonyl (C=O) groups excluding carboxylic acids is 1. The maximum atomic E-state index is 12.8. The second kappa shape index (κ2) is 14.5. The summed E-state index contributed by atoms with van der Waals surface area (Å²) in [6.45, 7) is 18.2. The minimum Gasteiger partial charge on any atom is -0.544 e. The highest BCUT2D eigenvalue weighted by atomic mass is 28.4. The summed E-state index contributed by atoms with van der Waals surface area (Å²) in [5, 5.41) is 0.180. The van der Waals surface area contributed by atoms with E-state index in [1.807, 2.05) is 24.3 Å². The first-order valence-corrected chi connectivity index (χ1v) is 20.0. The van der Waals surface area contributed by atoms with Crippen molar-refractivity contribution in [2.24, 2.45) is 0 Å². The maximum Gasteiger partial charge on any atom is 0.250 e. The highest BCUT2D eigenvalue weighted by Gasteiger charge is 2.39. The van der Waals surface area contributed by atoms with Crippen LogP contribution in [0.4, 0.5) is 0 Å². The molecule has 6 heteroatoms. The van der Waals surface area contributed by atoms with Crippen LogP contribution in [0, 0.1) is 0 Å². The normalized spacial score (nSPS) is 13.3. The quantitative estimate of drug-likeness (QED) is 0.153. The predicted octanol–water partition coefficient (Wildman–Crippen LogP) is 9.46. The molecule has 0 aliphatic carbocycles. The molecule has 0 aromatic heterocycles. The summed E-state index contributed by atoms with van der Waals surface area (Å²) in [6.07, 6.45) is 4.45. The number of carbonyl (C=O) groups is 1. The van der Waals surface area contributed by atoms with Gasteiger partial charge in [0.2, 0.25) is 8.32 Å². The molecule has 0 aliphatic heterocycles. The molecule has 0 radical (unpaired) electrons. The van der Waals surface area contributed by atoms with Gasteiger partial charge in [0.05, 0.1) is 7.11 Å². The third-order valence-corrected chi connectivity index (χ3v) is 17.6. The number of Topliss-reactive ketones (excluding diaryl/α,β-unsaturated/α-hetero) is 1. The molecule has 0 bridgehead atoms. The van der Waals surface area contributed by atoms with Crippen molar-refractivity contribution in [3.63, 3.8) is 0 Å². The Hall–Kier alpha value is -1.90. The SMILES string of the molecule is CC[Si](CC)(CC)O[C@H](CCCC(=O)c1ccc(OC)cc1)CCc1ccc(O[Si](C)(C)C(C)(C)C)cc1. The van der Waals surface area contributed by atoms with Gasteiger partial charge < -0.3 is 13.6 Å². The summed E-state index contributed by atoms with van der Waals surface area (Å²) in [7, 11) is -1.94. The highest BCUT2D eigenvalue weighted by Crippen LogP contribution is 2.37. The van der Waals surface area contributed by atoms with Crippen LogP contribution in [0.15, 0.2) is 48.5 Å². The molecule has 0 unspecified atom stereocenters. The van der Waals surface area contributed by atoms with E-state index < -0.39 is 16.6 Å². The van der Waals surface area contributed by atoms with Crippen molar-refractivity contribution in [1.82, 2.24) is 0 Å². The Kier molecular flexibility index (Phi) is 12.3. The molecule has 2 aromatic carbocycles. The Morgan fingerprint density at radius 1 is 0.842 bits per heavy atom. The first-order chi connectivity index (χ1) is 17.9. The van der Waals surface area contributed by atoms with Crippen LogP contribution in [0.3, 0.4) is 0 Å². The van der Waals surface area contributed by atoms with E-state index in [-0.39, 0.29) is 16.9 Å². The van der Waals surface area contributed by atoms with E-state index in [4.69, 9.17) is 13.6 Å². The Morgan fingerprint density at radius 3 is 1.89 bits per heavy atom. The van der Waals surface area contributed by atoms with Gasteiger partial charge in [-0.2, -0.15) is 0 Å². The number of rotatable bonds is 16. The van der Waals surface area contributed by atoms with Crippen LogP contribution in [0.25, 0.3) is 0 Å². The van der Waals surface area contributed by atoms with Gasteiger partial charge in [0, 0.05) is 18.1 Å². The van der Waals surface area contributed by atoms with E-state index in [1.54, 1.807) is 7.11 Å². The monoisotopic (exact) mass is 556 g/mol. The van der Waals surface area contributed by atoms with Gasteiger partial charge in [-0.1, -0.05) is 53.7 Å². The van der Waals surface area contributed by atoms with Crippen LogP contribution in [0.5, 0.6) is 11.5 Å². The van der Waals surface area contributed by atoms with Gasteiger partial charge in [-0.3, -0.25) is 4.79 Å². The first-order valence-electron chi connectivity index (χ1n) is 14.5. The van der Waals surface area contributed by atoms with Crippen molar-refractivity contribution in [2.45, 2.75) is 116 Å². The maximum absolute atomic E-state index is 12.8. The van der Waals surface area contributed by atoms with Crippen LogP contribution in [0.2, 0.25) is 36.3 Å². The number of benzene rings is 2. The standard InChI is InChI=1S/C32H52O4Si2/c1-10-38(11-2,12-3)36-29(14-13-15-31(33)27-19-24-28(34-7)25-20-27)21-16-26-17-22-30(23-18-26)35-37(8,9)32(4,5)6/h17-20,22-25,29H,10-16,21H2,1-9H3/t29-/m1/s1. The molecular formula is C32H52O4Si2. The number of hydrogen-bond acceptors (Lipinski definition) is 4. The zero-order chi connectivity index (χ0) is 28.4. The van der Waals surface area contributed by atoms with E-state index >= 15 is 0 Å². The zero-order valence-corrected chi connectivity index (χ0v) is 27.5. The van der Waals surface area contributed by atoms with E-state index in [2.05, 4.69) is 78.9 Å². The van der Waals surface area contributed by atoms with Crippen molar-refractivity contribution in [3.05, 3.63) is 59.7 Å². The van der Waals surface area contributed by atoms with Crippen LogP contribution in [-0.4, -0.2) is 35.6 Å². The average molecular weight is 557 g/mol. The lowest BCUT2D eigenvalue weighted by Gasteiger charge is -2.36. The van der Waals surface area contributed by atoms with Gasteiger partial charge in [-0.25, -0.2) is 0 Å². The topological polar surface area (TPSA) is 44.8 Å². The summed E-state index contributed by atoms with van der Waals surface area (Å²) in [5.41, 5.74) is 2.06. The van der Waals surface area contributed by atoms with Gasteiger partial charge >= 0.3 is 0 Å². The van der Waals surface area contributed by atoms with E-state index in [0.717, 1.165) is 60.9 Å². The molecule has 0 fully saturated rings. The van der Waals surface area contributed by atoms with Gasteiger partial charge in [-0.05, 0) is 104 Å². The molecule has 1 atom stereocenters. The summed E-state index contributed by atoms with van der Waals surface area (Å²) in [5.74, 6) is 1.93. The van der Waals surface area contributed by atoms with E-state index in [9.17, 15) is 4.79 Å². The molecule has 0 saturated heterocycles. The Bertz CT molecular complexity index is 966. The van der Waals surface area contributed by atoms with Crippen molar-refractivity contribution in [2.75, 3.05) is 7.11 Å². The van der Waals surface area contributed by atoms with Crippen molar-refractivity contribution in [3.8, 4) is 11.5 Å². The zero-order valence-electron chi connectivity index (χ0n) is 25.5. The van der Waals surface area contributed by atoms with Crippen LogP contribution in [-0.2, 0) is 10.8 Å². The van der Waals surface area contributed by atoms with Crippen LogP contribution < -0.4 is 9.16 Å². The molecule has 0 heterocycles. The van der Waals surface area contributed by atoms with E-state index in [1.165, 1.54) is 5.56 Å². The van der Waals surface area contributed by atoms with E-state index in [0.29, 0.717) is 6.42 Å². The van der Waals surface area contributed by atoms with Gasteiger partial charge in [0.25, 0.3) is 0 Å². The minimum atomic E-state index is -1.84. The summed E-state index contributed by atoms with van der Waals surface area (Å²) in [4.78, 5) is 12.8. The Balaban J connectivity index is 2.02. The molecule has 0 N–H and O–H groups in total. The fourth-order valence-corrected chi connectivity index (χ4v) is 8.50. The lowest BCUT2D eigenvalue weighted by atomic mass is 10.0. The number of aryl methyl sites for hydroxylation is 1. The molecule has 38 heavy (non-hydrogen) atoms. The van der Waals surface area contributed by atoms with Gasteiger partial charge in [0.15, 0.2) is 14.1 Å². The molecule has 2 aromatic rings. The molecule has 212 valence electrons. The molecule has 4 nitrogen and oxygen atoms in total. The lowest BCUT2D eigenvalue weighted by molar-refractivity contribution is 0.0969. The molecule has 0 aliphatic rings. The van der Waals surface area contributed by atoms with Crippen LogP contribution >= 0.6 is 0 Å². The number of ether oxygens (including phenoxy) is 1. The fourth-order valence-electron chi connectivity index (χ4n) is 4.53. The summed E-state index contributed by atoms with van der Waals surface area (Å²) < 4.78 is 18.6. The predicted molar refractivity (Wildman–Crippen MR) is 166 cm³/mol. The fraction of sp³-hybridized carbons (Fsp3) is 0.594. The molecule has 0 spiro atoms. The second-order valence-corrected chi connectivity index (χ2v) is 21.5. The van der Waals surface area contributed by atoms with Gasteiger partial charge in [-0.15, -0.1) is 0 Å². The van der Waals surface area contributed by atoms with Crippen molar-refractivity contribution < 1.29 is 18.4 Å². The largest absolute Gasteiger partial charge is 0.544 e. The Morgan fingerprint density at radius 2 is 1.39 bits per heavy atom. The third kappa shape index (κ3) is 9.39. The molecule has 0 saturated carbocycles. The van der Waals surface area contributed by atoms with Crippen molar-refractivity contribution in [1.29, 1.82) is 0 Å². The van der Waals surface area contributed by atoms with Gasteiger partial charge in [0.1, 0.15) is 11.5 Å².